The zero-order chi connectivity index (χ0) is 14.1. The molecule has 0 aliphatic heterocycles. The maximum absolute atomic E-state index is 12.6. The number of nitrogen functional groups attached to an aromatic ring is 1. The van der Waals surface area contributed by atoms with Crippen LogP contribution >= 0.6 is 0 Å². The Kier molecular flexibility index (Phi) is 2.91. The molecular formula is C16H14N2O2. The average Bonchev–Trinajstić information content (AvgIpc) is 2.89. The van der Waals surface area contributed by atoms with Gasteiger partial charge >= 0.3 is 0 Å². The molecule has 0 fully saturated rings. The molecule has 4 heteroatoms. The number of nitrogens with zero attached hydrogens (tertiary/aromatic N) is 1. The highest BCUT2D eigenvalue weighted by molar-refractivity contribution is 6.13. The van der Waals surface area contributed by atoms with Gasteiger partial charge in [-0.05, 0) is 24.3 Å². The van der Waals surface area contributed by atoms with Crippen molar-refractivity contribution in [2.24, 2.45) is 0 Å². The number of furan rings is 1. The molecule has 4 nitrogen and oxygen atoms in total. The van der Waals surface area contributed by atoms with Crippen molar-refractivity contribution in [3.8, 4) is 0 Å². The molecule has 3 rings (SSSR count). The summed E-state index contributed by atoms with van der Waals surface area (Å²) in [6, 6.07) is 14.7. The molecule has 1 aromatic heterocycles. The molecule has 0 spiro atoms. The predicted molar refractivity (Wildman–Crippen MR) is 79.8 cm³/mol. The van der Waals surface area contributed by atoms with Crippen molar-refractivity contribution >= 4 is 28.3 Å². The van der Waals surface area contributed by atoms with Gasteiger partial charge in [-0.3, -0.25) is 4.79 Å². The van der Waals surface area contributed by atoms with E-state index in [0.717, 1.165) is 11.1 Å². The minimum absolute atomic E-state index is 0.124. The smallest absolute Gasteiger partial charge is 0.261 e. The number of carbonyl (C=O) groups excluding carboxylic acids is 1. The molecule has 0 unspecified atom stereocenters. The lowest BCUT2D eigenvalue weighted by molar-refractivity contribution is 0.0994. The molecule has 100 valence electrons. The van der Waals surface area contributed by atoms with Gasteiger partial charge in [0.15, 0.2) is 0 Å². The van der Waals surface area contributed by atoms with Crippen LogP contribution in [-0.2, 0) is 0 Å². The Labute approximate surface area is 116 Å². The Morgan fingerprint density at radius 3 is 2.75 bits per heavy atom. The van der Waals surface area contributed by atoms with Crippen molar-refractivity contribution in [3.63, 3.8) is 0 Å². The molecule has 3 aromatic rings. The molecule has 1 amide bonds. The monoisotopic (exact) mass is 266 g/mol. The summed E-state index contributed by atoms with van der Waals surface area (Å²) < 4.78 is 5.41. The van der Waals surface area contributed by atoms with Crippen molar-refractivity contribution in [1.82, 2.24) is 0 Å². The first-order valence-electron chi connectivity index (χ1n) is 6.26. The maximum Gasteiger partial charge on any atom is 0.261 e. The second-order valence-electron chi connectivity index (χ2n) is 4.60. The summed E-state index contributed by atoms with van der Waals surface area (Å²) in [5.74, 6) is -0.124. The number of carbonyl (C=O) groups is 1. The zero-order valence-electron chi connectivity index (χ0n) is 11.0. The first-order valence-corrected chi connectivity index (χ1v) is 6.26. The first kappa shape index (κ1) is 12.3. The Hall–Kier alpha value is -2.75. The second-order valence-corrected chi connectivity index (χ2v) is 4.60. The molecule has 2 aromatic carbocycles. The van der Waals surface area contributed by atoms with Gasteiger partial charge in [-0.2, -0.15) is 0 Å². The first-order chi connectivity index (χ1) is 9.66. The van der Waals surface area contributed by atoms with E-state index in [1.807, 2.05) is 36.4 Å². The van der Waals surface area contributed by atoms with Crippen LogP contribution < -0.4 is 10.6 Å². The van der Waals surface area contributed by atoms with Crippen molar-refractivity contribution in [3.05, 3.63) is 60.4 Å². The number of fused-ring (bicyclic) bond motifs is 1. The van der Waals surface area contributed by atoms with E-state index in [2.05, 4.69) is 0 Å². The molecule has 1 heterocycles. The van der Waals surface area contributed by atoms with Gasteiger partial charge in [0.25, 0.3) is 5.91 Å². The second kappa shape index (κ2) is 4.74. The van der Waals surface area contributed by atoms with E-state index in [1.54, 1.807) is 24.1 Å². The molecule has 0 aliphatic carbocycles. The normalized spacial score (nSPS) is 10.7. The summed E-state index contributed by atoms with van der Waals surface area (Å²) in [6.07, 6.45) is 1.50. The van der Waals surface area contributed by atoms with E-state index in [4.69, 9.17) is 10.2 Å². The van der Waals surface area contributed by atoms with Crippen LogP contribution in [0.25, 0.3) is 11.0 Å². The van der Waals surface area contributed by atoms with Crippen LogP contribution in [-0.4, -0.2) is 13.0 Å². The van der Waals surface area contributed by atoms with E-state index in [1.165, 1.54) is 6.26 Å². The van der Waals surface area contributed by atoms with E-state index in [0.29, 0.717) is 16.8 Å². The summed E-state index contributed by atoms with van der Waals surface area (Å²) >= 11 is 0. The Morgan fingerprint density at radius 2 is 1.95 bits per heavy atom. The summed E-state index contributed by atoms with van der Waals surface area (Å²) in [5, 5.41) is 0.813. The van der Waals surface area contributed by atoms with E-state index < -0.39 is 0 Å². The van der Waals surface area contributed by atoms with Gasteiger partial charge in [-0.25, -0.2) is 0 Å². The van der Waals surface area contributed by atoms with Gasteiger partial charge in [0.05, 0.1) is 5.56 Å². The molecular weight excluding hydrogens is 252 g/mol. The van der Waals surface area contributed by atoms with E-state index in [9.17, 15) is 4.79 Å². The minimum Gasteiger partial charge on any atom is -0.463 e. The lowest BCUT2D eigenvalue weighted by Gasteiger charge is -2.17. The van der Waals surface area contributed by atoms with Gasteiger partial charge in [0.1, 0.15) is 11.8 Å². The molecule has 0 bridgehead atoms. The SMILES string of the molecule is CN(C(=O)c1coc2ccccc12)c1cccc(N)c1. The molecule has 0 aliphatic rings. The number of rotatable bonds is 2. The summed E-state index contributed by atoms with van der Waals surface area (Å²) in [5.41, 5.74) is 8.38. The van der Waals surface area contributed by atoms with Gasteiger partial charge in [0.2, 0.25) is 0 Å². The van der Waals surface area contributed by atoms with E-state index >= 15 is 0 Å². The standard InChI is InChI=1S/C16H14N2O2/c1-18(12-6-4-5-11(17)9-12)16(19)14-10-20-15-8-3-2-7-13(14)15/h2-10H,17H2,1H3. The zero-order valence-corrected chi connectivity index (χ0v) is 11.0. The summed E-state index contributed by atoms with van der Waals surface area (Å²) in [4.78, 5) is 14.1. The molecule has 2 N–H and O–H groups in total. The van der Waals surface area contributed by atoms with Gasteiger partial charge in [0, 0.05) is 23.8 Å². The largest absolute Gasteiger partial charge is 0.463 e. The van der Waals surface area contributed by atoms with Gasteiger partial charge in [-0.15, -0.1) is 0 Å². The highest BCUT2D eigenvalue weighted by Gasteiger charge is 2.18. The Balaban J connectivity index is 2.00. The van der Waals surface area contributed by atoms with Crippen molar-refractivity contribution in [2.45, 2.75) is 0 Å². The van der Waals surface area contributed by atoms with Gasteiger partial charge < -0.3 is 15.1 Å². The van der Waals surface area contributed by atoms with Crippen LogP contribution in [0.2, 0.25) is 0 Å². The molecule has 0 saturated carbocycles. The molecule has 0 atom stereocenters. The van der Waals surface area contributed by atoms with E-state index in [-0.39, 0.29) is 5.91 Å². The Bertz CT molecular complexity index is 777. The average molecular weight is 266 g/mol. The van der Waals surface area contributed by atoms with Crippen LogP contribution in [0, 0.1) is 0 Å². The molecule has 20 heavy (non-hydrogen) atoms. The third-order valence-corrected chi connectivity index (χ3v) is 3.27. The fourth-order valence-electron chi connectivity index (χ4n) is 2.17. The van der Waals surface area contributed by atoms with Crippen LogP contribution in [0.4, 0.5) is 11.4 Å². The number of nitrogens with two attached hydrogens (primary N) is 1. The van der Waals surface area contributed by atoms with Gasteiger partial charge in [-0.1, -0.05) is 24.3 Å². The minimum atomic E-state index is -0.124. The predicted octanol–water partition coefficient (Wildman–Crippen LogP) is 3.29. The Morgan fingerprint density at radius 1 is 1.15 bits per heavy atom. The lowest BCUT2D eigenvalue weighted by atomic mass is 10.1. The van der Waals surface area contributed by atoms with Crippen molar-refractivity contribution in [2.75, 3.05) is 17.7 Å². The molecule has 0 radical (unpaired) electrons. The number of hydrogen-bond acceptors (Lipinski definition) is 3. The topological polar surface area (TPSA) is 59.5 Å². The highest BCUT2D eigenvalue weighted by Crippen LogP contribution is 2.24. The number of anilines is 2. The van der Waals surface area contributed by atoms with Crippen molar-refractivity contribution < 1.29 is 9.21 Å². The fourth-order valence-corrected chi connectivity index (χ4v) is 2.17. The maximum atomic E-state index is 12.6. The highest BCUT2D eigenvalue weighted by atomic mass is 16.3. The summed E-state index contributed by atoms with van der Waals surface area (Å²) in [7, 11) is 1.72. The lowest BCUT2D eigenvalue weighted by Crippen LogP contribution is -2.25. The number of hydrogen-bond donors (Lipinski definition) is 1. The third-order valence-electron chi connectivity index (χ3n) is 3.27. The number of amides is 1. The molecule has 0 saturated heterocycles. The third kappa shape index (κ3) is 2.01. The van der Waals surface area contributed by atoms with Crippen LogP contribution in [0.15, 0.2) is 59.2 Å². The van der Waals surface area contributed by atoms with Crippen molar-refractivity contribution in [1.29, 1.82) is 0 Å². The van der Waals surface area contributed by atoms with Crippen LogP contribution in [0.5, 0.6) is 0 Å². The number of para-hydroxylation sites is 1. The summed E-state index contributed by atoms with van der Waals surface area (Å²) in [6.45, 7) is 0. The van der Waals surface area contributed by atoms with Crippen LogP contribution in [0.3, 0.4) is 0 Å². The number of benzene rings is 2. The fraction of sp³-hybridized carbons (Fsp3) is 0.0625. The quantitative estimate of drug-likeness (QED) is 0.724. The van der Waals surface area contributed by atoms with Crippen LogP contribution in [0.1, 0.15) is 10.4 Å².